The lowest BCUT2D eigenvalue weighted by atomic mass is 9.93. The molecule has 0 aromatic carbocycles. The van der Waals surface area contributed by atoms with Crippen molar-refractivity contribution in [3.05, 3.63) is 22.6 Å². The van der Waals surface area contributed by atoms with Gasteiger partial charge < -0.3 is 14.6 Å². The molecule has 2 unspecified atom stereocenters. The average Bonchev–Trinajstić information content (AvgIpc) is 2.95. The molecular formula is C12H15BrN2O2. The number of carbonyl (C=O) groups excluding carboxylic acids is 1. The van der Waals surface area contributed by atoms with Crippen LogP contribution in [0.4, 0.5) is 0 Å². The van der Waals surface area contributed by atoms with E-state index in [9.17, 15) is 4.79 Å². The summed E-state index contributed by atoms with van der Waals surface area (Å²) in [7, 11) is 0. The molecule has 0 aliphatic carbocycles. The van der Waals surface area contributed by atoms with Gasteiger partial charge in [-0.1, -0.05) is 0 Å². The minimum absolute atomic E-state index is 0.0149. The van der Waals surface area contributed by atoms with E-state index in [2.05, 4.69) is 21.2 Å². The van der Waals surface area contributed by atoms with Gasteiger partial charge in [-0.25, -0.2) is 0 Å². The van der Waals surface area contributed by atoms with E-state index in [1.807, 2.05) is 4.90 Å². The van der Waals surface area contributed by atoms with E-state index >= 15 is 0 Å². The molecule has 0 radical (unpaired) electrons. The van der Waals surface area contributed by atoms with Crippen molar-refractivity contribution in [3.63, 3.8) is 0 Å². The summed E-state index contributed by atoms with van der Waals surface area (Å²) >= 11 is 3.22. The molecule has 2 aliphatic rings. The Bertz CT molecular complexity index is 432. The maximum atomic E-state index is 12.2. The SMILES string of the molecule is O=C(c1ccc(Br)o1)N1CCC2NCCC2C1. The molecule has 4 nitrogen and oxygen atoms in total. The number of amides is 1. The first-order valence-corrected chi connectivity index (χ1v) is 6.81. The fourth-order valence-electron chi connectivity index (χ4n) is 2.82. The summed E-state index contributed by atoms with van der Waals surface area (Å²) in [4.78, 5) is 14.1. The van der Waals surface area contributed by atoms with Gasteiger partial charge in [-0.3, -0.25) is 4.79 Å². The summed E-state index contributed by atoms with van der Waals surface area (Å²) < 4.78 is 5.93. The maximum absolute atomic E-state index is 12.2. The molecule has 0 spiro atoms. The Labute approximate surface area is 108 Å². The number of fused-ring (bicyclic) bond motifs is 1. The van der Waals surface area contributed by atoms with Crippen molar-refractivity contribution in [1.29, 1.82) is 0 Å². The zero-order valence-electron chi connectivity index (χ0n) is 9.49. The summed E-state index contributed by atoms with van der Waals surface area (Å²) in [5.74, 6) is 1.06. The van der Waals surface area contributed by atoms with Crippen molar-refractivity contribution >= 4 is 21.8 Å². The molecule has 1 N–H and O–H groups in total. The second-order valence-electron chi connectivity index (χ2n) is 4.75. The Hall–Kier alpha value is -0.810. The van der Waals surface area contributed by atoms with E-state index in [0.717, 1.165) is 26.1 Å². The molecule has 2 atom stereocenters. The third-order valence-corrected chi connectivity index (χ3v) is 4.15. The molecule has 1 aromatic heterocycles. The first-order chi connectivity index (χ1) is 8.24. The second-order valence-corrected chi connectivity index (χ2v) is 5.53. The van der Waals surface area contributed by atoms with Gasteiger partial charge in [-0.05, 0) is 53.4 Å². The van der Waals surface area contributed by atoms with Crippen LogP contribution in [0.1, 0.15) is 23.4 Å². The lowest BCUT2D eigenvalue weighted by Gasteiger charge is -2.34. The first kappa shape index (κ1) is 11.3. The van der Waals surface area contributed by atoms with Crippen LogP contribution in [0.2, 0.25) is 0 Å². The number of likely N-dealkylation sites (tertiary alicyclic amines) is 1. The quantitative estimate of drug-likeness (QED) is 0.861. The van der Waals surface area contributed by atoms with Crippen molar-refractivity contribution in [3.8, 4) is 0 Å². The molecule has 5 heteroatoms. The van der Waals surface area contributed by atoms with E-state index in [0.29, 0.717) is 22.4 Å². The molecule has 2 aliphatic heterocycles. The summed E-state index contributed by atoms with van der Waals surface area (Å²) in [6.45, 7) is 2.77. The molecule has 3 heterocycles. The lowest BCUT2D eigenvalue weighted by Crippen LogP contribution is -2.46. The fraction of sp³-hybridized carbons (Fsp3) is 0.583. The summed E-state index contributed by atoms with van der Waals surface area (Å²) in [5, 5.41) is 3.49. The Morgan fingerprint density at radius 2 is 2.35 bits per heavy atom. The molecule has 92 valence electrons. The molecule has 0 bridgehead atoms. The highest BCUT2D eigenvalue weighted by Gasteiger charge is 2.35. The number of piperidine rings is 1. The molecule has 0 saturated carbocycles. The number of furan rings is 1. The normalized spacial score (nSPS) is 28.2. The second kappa shape index (κ2) is 4.46. The van der Waals surface area contributed by atoms with E-state index in [1.54, 1.807) is 12.1 Å². The monoisotopic (exact) mass is 298 g/mol. The average molecular weight is 299 g/mol. The number of nitrogens with one attached hydrogen (secondary N) is 1. The van der Waals surface area contributed by atoms with Crippen LogP contribution in [0, 0.1) is 5.92 Å². The zero-order chi connectivity index (χ0) is 11.8. The van der Waals surface area contributed by atoms with Gasteiger partial charge in [0.2, 0.25) is 0 Å². The highest BCUT2D eigenvalue weighted by molar-refractivity contribution is 9.10. The lowest BCUT2D eigenvalue weighted by molar-refractivity contribution is 0.0628. The molecule has 17 heavy (non-hydrogen) atoms. The van der Waals surface area contributed by atoms with Crippen molar-refractivity contribution in [2.24, 2.45) is 5.92 Å². The van der Waals surface area contributed by atoms with Crippen LogP contribution in [0.5, 0.6) is 0 Å². The number of halogens is 1. The molecule has 1 amide bonds. The Morgan fingerprint density at radius 1 is 1.47 bits per heavy atom. The van der Waals surface area contributed by atoms with Gasteiger partial charge in [0.25, 0.3) is 5.91 Å². The summed E-state index contributed by atoms with van der Waals surface area (Å²) in [6, 6.07) is 4.10. The Morgan fingerprint density at radius 3 is 3.12 bits per heavy atom. The molecule has 2 fully saturated rings. The van der Waals surface area contributed by atoms with Crippen molar-refractivity contribution < 1.29 is 9.21 Å². The van der Waals surface area contributed by atoms with Gasteiger partial charge in [0.1, 0.15) is 0 Å². The van der Waals surface area contributed by atoms with Gasteiger partial charge >= 0.3 is 0 Å². The van der Waals surface area contributed by atoms with E-state index < -0.39 is 0 Å². The van der Waals surface area contributed by atoms with Crippen molar-refractivity contribution in [2.75, 3.05) is 19.6 Å². The number of hydrogen-bond donors (Lipinski definition) is 1. The van der Waals surface area contributed by atoms with Gasteiger partial charge in [0, 0.05) is 19.1 Å². The highest BCUT2D eigenvalue weighted by atomic mass is 79.9. The predicted octanol–water partition coefficient (Wildman–Crippen LogP) is 1.87. The largest absolute Gasteiger partial charge is 0.444 e. The van der Waals surface area contributed by atoms with E-state index in [1.165, 1.54) is 6.42 Å². The third kappa shape index (κ3) is 2.13. The standard InChI is InChI=1S/C12H15BrN2O2/c13-11-2-1-10(17-11)12(16)15-6-4-9-8(7-15)3-5-14-9/h1-2,8-9,14H,3-7H2. The van der Waals surface area contributed by atoms with Crippen molar-refractivity contribution in [2.45, 2.75) is 18.9 Å². The van der Waals surface area contributed by atoms with E-state index in [-0.39, 0.29) is 5.91 Å². The summed E-state index contributed by atoms with van der Waals surface area (Å²) in [5.41, 5.74) is 0. The minimum Gasteiger partial charge on any atom is -0.444 e. The Kier molecular flexibility index (Phi) is 2.96. The van der Waals surface area contributed by atoms with Crippen LogP contribution in [-0.2, 0) is 0 Å². The molecule has 2 saturated heterocycles. The Balaban J connectivity index is 1.70. The highest BCUT2D eigenvalue weighted by Crippen LogP contribution is 2.26. The van der Waals surface area contributed by atoms with Crippen LogP contribution in [0.15, 0.2) is 21.2 Å². The van der Waals surface area contributed by atoms with Crippen LogP contribution in [0.3, 0.4) is 0 Å². The fourth-order valence-corrected chi connectivity index (χ4v) is 3.12. The van der Waals surface area contributed by atoms with Gasteiger partial charge in [0.15, 0.2) is 10.4 Å². The smallest absolute Gasteiger partial charge is 0.289 e. The van der Waals surface area contributed by atoms with Crippen LogP contribution >= 0.6 is 15.9 Å². The van der Waals surface area contributed by atoms with Crippen LogP contribution < -0.4 is 5.32 Å². The third-order valence-electron chi connectivity index (χ3n) is 3.73. The van der Waals surface area contributed by atoms with Gasteiger partial charge in [-0.15, -0.1) is 0 Å². The number of hydrogen-bond acceptors (Lipinski definition) is 3. The van der Waals surface area contributed by atoms with Crippen molar-refractivity contribution in [1.82, 2.24) is 10.2 Å². The van der Waals surface area contributed by atoms with Gasteiger partial charge in [-0.2, -0.15) is 0 Å². The van der Waals surface area contributed by atoms with Crippen LogP contribution in [-0.4, -0.2) is 36.5 Å². The number of rotatable bonds is 1. The van der Waals surface area contributed by atoms with Gasteiger partial charge in [0.05, 0.1) is 0 Å². The van der Waals surface area contributed by atoms with Crippen LogP contribution in [0.25, 0.3) is 0 Å². The first-order valence-electron chi connectivity index (χ1n) is 6.02. The molecule has 1 aromatic rings. The number of nitrogens with zero attached hydrogens (tertiary/aromatic N) is 1. The van der Waals surface area contributed by atoms with E-state index in [4.69, 9.17) is 4.42 Å². The molecule has 3 rings (SSSR count). The zero-order valence-corrected chi connectivity index (χ0v) is 11.1. The minimum atomic E-state index is 0.0149. The predicted molar refractivity (Wildman–Crippen MR) is 66.8 cm³/mol. The summed E-state index contributed by atoms with van der Waals surface area (Å²) in [6.07, 6.45) is 2.23. The topological polar surface area (TPSA) is 45.5 Å². The number of carbonyl (C=O) groups is 1. The maximum Gasteiger partial charge on any atom is 0.289 e. The molecular weight excluding hydrogens is 284 g/mol.